The maximum absolute atomic E-state index is 11.6. The molecule has 0 aromatic carbocycles. The fraction of sp³-hybridized carbons (Fsp3) is 0.786. The van der Waals surface area contributed by atoms with Crippen LogP contribution in [0.4, 0.5) is 0 Å². The first-order valence-electron chi connectivity index (χ1n) is 6.61. The molecule has 0 bridgehead atoms. The Balaban J connectivity index is 4.77. The molecule has 0 saturated heterocycles. The number of rotatable bonds is 8. The first kappa shape index (κ1) is 16.2. The van der Waals surface area contributed by atoms with Crippen LogP contribution in [0.15, 0.2) is 12.2 Å². The highest BCUT2D eigenvalue weighted by molar-refractivity contribution is 5.86. The molecule has 1 atom stereocenters. The lowest BCUT2D eigenvalue weighted by atomic mass is 10.2. The number of carbonyl (C=O) groups is 1. The van der Waals surface area contributed by atoms with E-state index in [1.54, 1.807) is 6.92 Å². The van der Waals surface area contributed by atoms with Gasteiger partial charge >= 0.3 is 5.97 Å². The molecule has 0 heterocycles. The van der Waals surface area contributed by atoms with Crippen molar-refractivity contribution < 1.29 is 14.0 Å². The second-order valence-corrected chi connectivity index (χ2v) is 4.98. The zero-order valence-corrected chi connectivity index (χ0v) is 12.1. The van der Waals surface area contributed by atoms with Crippen molar-refractivity contribution in [3.63, 3.8) is 0 Å². The lowest BCUT2D eigenvalue weighted by Gasteiger charge is -2.40. The summed E-state index contributed by atoms with van der Waals surface area (Å²) in [6, 6.07) is 0. The fourth-order valence-electron chi connectivity index (χ4n) is 2.30. The van der Waals surface area contributed by atoms with Crippen molar-refractivity contribution in [3.05, 3.63) is 12.2 Å². The van der Waals surface area contributed by atoms with E-state index in [0.717, 1.165) is 36.8 Å². The van der Waals surface area contributed by atoms with Gasteiger partial charge in [-0.3, -0.25) is 4.48 Å². The number of nitrogens with zero attached hydrogens (tertiary/aromatic N) is 1. The van der Waals surface area contributed by atoms with Gasteiger partial charge in [0.05, 0.1) is 20.1 Å². The standard InChI is InChI=1S/C14H28NO2/c1-7-10-15(6,11-8-2)13(9-3)17-14(16)12(4)5/h13H,4,7-11H2,1-3,5-6H3/q+1. The lowest BCUT2D eigenvalue weighted by Crippen LogP contribution is -2.54. The molecule has 3 heteroatoms. The quantitative estimate of drug-likeness (QED) is 0.283. The summed E-state index contributed by atoms with van der Waals surface area (Å²) in [5.41, 5.74) is 0.475. The minimum absolute atomic E-state index is 0.0564. The molecule has 100 valence electrons. The van der Waals surface area contributed by atoms with Crippen LogP contribution in [0.5, 0.6) is 0 Å². The zero-order chi connectivity index (χ0) is 13.5. The van der Waals surface area contributed by atoms with Crippen LogP contribution in [0.25, 0.3) is 0 Å². The molecule has 17 heavy (non-hydrogen) atoms. The molecule has 0 radical (unpaired) electrons. The van der Waals surface area contributed by atoms with E-state index in [0.29, 0.717) is 5.57 Å². The summed E-state index contributed by atoms with van der Waals surface area (Å²) >= 11 is 0. The molecule has 1 unspecified atom stereocenters. The average molecular weight is 242 g/mol. The zero-order valence-electron chi connectivity index (χ0n) is 12.1. The Morgan fingerprint density at radius 1 is 1.24 bits per heavy atom. The summed E-state index contributed by atoms with van der Waals surface area (Å²) in [5.74, 6) is -0.270. The Hall–Kier alpha value is -0.830. The Bertz CT molecular complexity index is 255. The highest BCUT2D eigenvalue weighted by atomic mass is 16.6. The number of esters is 1. The molecular weight excluding hydrogens is 214 g/mol. The Morgan fingerprint density at radius 3 is 2.00 bits per heavy atom. The van der Waals surface area contributed by atoms with E-state index < -0.39 is 0 Å². The normalized spacial score (nSPS) is 13.2. The van der Waals surface area contributed by atoms with Crippen LogP contribution in [0.2, 0.25) is 0 Å². The topological polar surface area (TPSA) is 26.3 Å². The van der Waals surface area contributed by atoms with Crippen LogP contribution in [-0.2, 0) is 9.53 Å². The van der Waals surface area contributed by atoms with Gasteiger partial charge in [-0.1, -0.05) is 27.4 Å². The van der Waals surface area contributed by atoms with Gasteiger partial charge in [-0.15, -0.1) is 0 Å². The maximum Gasteiger partial charge on any atom is 0.337 e. The molecule has 0 spiro atoms. The van der Waals surface area contributed by atoms with Crippen LogP contribution >= 0.6 is 0 Å². The number of hydrogen-bond donors (Lipinski definition) is 0. The molecule has 0 amide bonds. The van der Waals surface area contributed by atoms with E-state index in [1.165, 1.54) is 0 Å². The highest BCUT2D eigenvalue weighted by Crippen LogP contribution is 2.18. The molecule has 0 rings (SSSR count). The van der Waals surface area contributed by atoms with Gasteiger partial charge in [-0.05, 0) is 19.8 Å². The second kappa shape index (κ2) is 7.49. The number of quaternary nitrogens is 1. The molecule has 0 fully saturated rings. The summed E-state index contributed by atoms with van der Waals surface area (Å²) in [5, 5.41) is 0. The van der Waals surface area contributed by atoms with E-state index in [4.69, 9.17) is 4.74 Å². The van der Waals surface area contributed by atoms with Crippen LogP contribution < -0.4 is 0 Å². The Morgan fingerprint density at radius 2 is 1.71 bits per heavy atom. The largest absolute Gasteiger partial charge is 0.409 e. The second-order valence-electron chi connectivity index (χ2n) is 4.98. The van der Waals surface area contributed by atoms with Crippen molar-refractivity contribution in [3.8, 4) is 0 Å². The molecule has 0 saturated carbocycles. The number of carbonyl (C=O) groups excluding carboxylic acids is 1. The molecule has 0 N–H and O–H groups in total. The van der Waals surface area contributed by atoms with Crippen LogP contribution in [-0.4, -0.2) is 36.8 Å². The minimum atomic E-state index is -0.270. The molecule has 3 nitrogen and oxygen atoms in total. The summed E-state index contributed by atoms with van der Waals surface area (Å²) in [4.78, 5) is 11.6. The van der Waals surface area contributed by atoms with Crippen LogP contribution in [0, 0.1) is 0 Å². The van der Waals surface area contributed by atoms with Gasteiger partial charge in [0.15, 0.2) is 0 Å². The SMILES string of the molecule is C=C(C)C(=O)OC(CC)[N+](C)(CCC)CCC. The van der Waals surface area contributed by atoms with Crippen molar-refractivity contribution in [1.29, 1.82) is 0 Å². The molecule has 0 aliphatic heterocycles. The van der Waals surface area contributed by atoms with Gasteiger partial charge in [0, 0.05) is 12.0 Å². The van der Waals surface area contributed by atoms with E-state index in [-0.39, 0.29) is 12.2 Å². The van der Waals surface area contributed by atoms with Gasteiger partial charge in [-0.25, -0.2) is 4.79 Å². The minimum Gasteiger partial charge on any atom is -0.409 e. The number of hydrogen-bond acceptors (Lipinski definition) is 2. The Labute approximate surface area is 106 Å². The Kier molecular flexibility index (Phi) is 7.12. The van der Waals surface area contributed by atoms with Gasteiger partial charge in [0.1, 0.15) is 0 Å². The van der Waals surface area contributed by atoms with Crippen LogP contribution in [0.1, 0.15) is 47.0 Å². The van der Waals surface area contributed by atoms with Crippen molar-refractivity contribution in [1.82, 2.24) is 0 Å². The fourth-order valence-corrected chi connectivity index (χ4v) is 2.30. The van der Waals surface area contributed by atoms with Crippen molar-refractivity contribution in [2.24, 2.45) is 0 Å². The lowest BCUT2D eigenvalue weighted by molar-refractivity contribution is -0.952. The third kappa shape index (κ3) is 4.90. The van der Waals surface area contributed by atoms with Crippen LogP contribution in [0.3, 0.4) is 0 Å². The summed E-state index contributed by atoms with van der Waals surface area (Å²) in [7, 11) is 2.17. The van der Waals surface area contributed by atoms with E-state index >= 15 is 0 Å². The monoisotopic (exact) mass is 242 g/mol. The molecule has 0 aromatic heterocycles. The van der Waals surface area contributed by atoms with Crippen molar-refractivity contribution in [2.45, 2.75) is 53.2 Å². The van der Waals surface area contributed by atoms with E-state index in [2.05, 4.69) is 34.4 Å². The predicted octanol–water partition coefficient (Wildman–Crippen LogP) is 3.11. The summed E-state index contributed by atoms with van der Waals surface area (Å²) < 4.78 is 6.37. The van der Waals surface area contributed by atoms with Gasteiger partial charge in [-0.2, -0.15) is 0 Å². The molecule has 0 aliphatic carbocycles. The predicted molar refractivity (Wildman–Crippen MR) is 71.5 cm³/mol. The first-order chi connectivity index (χ1) is 7.91. The third-order valence-corrected chi connectivity index (χ3v) is 3.10. The van der Waals surface area contributed by atoms with Gasteiger partial charge < -0.3 is 4.74 Å². The smallest absolute Gasteiger partial charge is 0.337 e. The summed E-state index contributed by atoms with van der Waals surface area (Å²) in [6.45, 7) is 13.8. The third-order valence-electron chi connectivity index (χ3n) is 3.10. The summed E-state index contributed by atoms with van der Waals surface area (Å²) in [6.07, 6.45) is 2.98. The maximum atomic E-state index is 11.6. The van der Waals surface area contributed by atoms with E-state index in [1.807, 2.05) is 0 Å². The van der Waals surface area contributed by atoms with E-state index in [9.17, 15) is 4.79 Å². The molecule has 0 aromatic rings. The van der Waals surface area contributed by atoms with Crippen molar-refractivity contribution >= 4 is 5.97 Å². The number of ether oxygens (including phenoxy) is 1. The first-order valence-corrected chi connectivity index (χ1v) is 6.61. The highest BCUT2D eigenvalue weighted by Gasteiger charge is 2.32. The molecular formula is C14H28NO2+. The van der Waals surface area contributed by atoms with Gasteiger partial charge in [0.25, 0.3) is 0 Å². The average Bonchev–Trinajstić information content (AvgIpc) is 2.25. The molecule has 0 aliphatic rings. The van der Waals surface area contributed by atoms with Gasteiger partial charge in [0.2, 0.25) is 6.23 Å². The van der Waals surface area contributed by atoms with Crippen molar-refractivity contribution in [2.75, 3.05) is 20.1 Å².